The zero-order valence-corrected chi connectivity index (χ0v) is 7.85. The second kappa shape index (κ2) is 5.96. The first kappa shape index (κ1) is 10.2. The number of oxazole rings is 1. The topological polar surface area (TPSA) is 26.0 Å². The van der Waals surface area contributed by atoms with Gasteiger partial charge in [0.05, 0.1) is 6.20 Å². The monoisotopic (exact) mass is 155 g/mol. The molecule has 0 bridgehead atoms. The van der Waals surface area contributed by atoms with Crippen molar-refractivity contribution < 1.29 is 4.42 Å². The van der Waals surface area contributed by atoms with Gasteiger partial charge in [-0.3, -0.25) is 0 Å². The Morgan fingerprint density at radius 2 is 1.91 bits per heavy atom. The Kier molecular flexibility index (Phi) is 5.53. The van der Waals surface area contributed by atoms with Crippen LogP contribution in [0, 0.1) is 6.92 Å². The molecular weight excluding hydrogens is 138 g/mol. The first-order valence-corrected chi connectivity index (χ1v) is 4.15. The van der Waals surface area contributed by atoms with E-state index in [2.05, 4.69) is 18.8 Å². The SMILES string of the molecule is CCC.CCc1cnc(C)o1. The van der Waals surface area contributed by atoms with Crippen molar-refractivity contribution >= 4 is 0 Å². The van der Waals surface area contributed by atoms with Gasteiger partial charge in [0, 0.05) is 13.3 Å². The summed E-state index contributed by atoms with van der Waals surface area (Å²) in [5.41, 5.74) is 0. The molecular formula is C9H17NO. The molecule has 2 nitrogen and oxygen atoms in total. The fraction of sp³-hybridized carbons (Fsp3) is 0.667. The Morgan fingerprint density at radius 3 is 2.09 bits per heavy atom. The average molecular weight is 155 g/mol. The largest absolute Gasteiger partial charge is 0.446 e. The van der Waals surface area contributed by atoms with E-state index in [-0.39, 0.29) is 0 Å². The summed E-state index contributed by atoms with van der Waals surface area (Å²) in [6.45, 7) is 8.14. The third-order valence-corrected chi connectivity index (χ3v) is 1.02. The fourth-order valence-corrected chi connectivity index (χ4v) is 0.569. The Hall–Kier alpha value is -0.790. The maximum Gasteiger partial charge on any atom is 0.191 e. The standard InChI is InChI=1S/C6H9NO.C3H8/c1-3-6-4-7-5(2)8-6;1-3-2/h4H,3H2,1-2H3;3H2,1-2H3. The molecule has 0 saturated heterocycles. The van der Waals surface area contributed by atoms with Crippen molar-refractivity contribution in [1.29, 1.82) is 0 Å². The summed E-state index contributed by atoms with van der Waals surface area (Å²) in [5, 5.41) is 0. The molecule has 0 radical (unpaired) electrons. The molecule has 1 aromatic rings. The van der Waals surface area contributed by atoms with Gasteiger partial charge in [0.15, 0.2) is 5.89 Å². The molecule has 1 heterocycles. The highest BCUT2D eigenvalue weighted by molar-refractivity contribution is 4.91. The number of aromatic nitrogens is 1. The second-order valence-electron chi connectivity index (χ2n) is 2.41. The number of nitrogens with zero attached hydrogens (tertiary/aromatic N) is 1. The smallest absolute Gasteiger partial charge is 0.191 e. The summed E-state index contributed by atoms with van der Waals surface area (Å²) in [5.74, 6) is 1.71. The van der Waals surface area contributed by atoms with Crippen LogP contribution < -0.4 is 0 Å². The van der Waals surface area contributed by atoms with Crippen LogP contribution in [-0.4, -0.2) is 4.98 Å². The number of hydrogen-bond donors (Lipinski definition) is 0. The molecule has 0 spiro atoms. The Labute approximate surface area is 68.6 Å². The van der Waals surface area contributed by atoms with E-state index in [1.807, 2.05) is 13.8 Å². The zero-order valence-electron chi connectivity index (χ0n) is 7.85. The molecule has 0 atom stereocenters. The van der Waals surface area contributed by atoms with Gasteiger partial charge < -0.3 is 4.42 Å². The van der Waals surface area contributed by atoms with Gasteiger partial charge in [-0.2, -0.15) is 0 Å². The first-order chi connectivity index (χ1) is 5.24. The van der Waals surface area contributed by atoms with E-state index in [9.17, 15) is 0 Å². The molecule has 0 aromatic carbocycles. The van der Waals surface area contributed by atoms with Gasteiger partial charge in [-0.25, -0.2) is 4.98 Å². The molecule has 0 N–H and O–H groups in total. The molecule has 0 aliphatic heterocycles. The lowest BCUT2D eigenvalue weighted by atomic mass is 10.4. The summed E-state index contributed by atoms with van der Waals surface area (Å²) in [6.07, 6.45) is 3.94. The number of aryl methyl sites for hydroxylation is 2. The molecule has 11 heavy (non-hydrogen) atoms. The lowest BCUT2D eigenvalue weighted by Crippen LogP contribution is -1.67. The van der Waals surface area contributed by atoms with Crippen molar-refractivity contribution in [1.82, 2.24) is 4.98 Å². The Bertz CT molecular complexity index is 181. The van der Waals surface area contributed by atoms with Crippen LogP contribution in [-0.2, 0) is 6.42 Å². The van der Waals surface area contributed by atoms with Crippen LogP contribution in [0.1, 0.15) is 38.8 Å². The summed E-state index contributed by atoms with van der Waals surface area (Å²) < 4.78 is 5.12. The average Bonchev–Trinajstić information content (AvgIpc) is 2.37. The summed E-state index contributed by atoms with van der Waals surface area (Å²) in [6, 6.07) is 0. The highest BCUT2D eigenvalue weighted by Crippen LogP contribution is 2.00. The zero-order chi connectivity index (χ0) is 8.69. The van der Waals surface area contributed by atoms with E-state index >= 15 is 0 Å². The number of hydrogen-bond acceptors (Lipinski definition) is 2. The van der Waals surface area contributed by atoms with Crippen molar-refractivity contribution in [2.45, 2.75) is 40.5 Å². The molecule has 64 valence electrons. The van der Waals surface area contributed by atoms with Gasteiger partial charge in [-0.15, -0.1) is 0 Å². The van der Waals surface area contributed by atoms with Crippen molar-refractivity contribution in [3.05, 3.63) is 17.8 Å². The van der Waals surface area contributed by atoms with Gasteiger partial charge in [0.1, 0.15) is 5.76 Å². The molecule has 0 aliphatic carbocycles. The number of rotatable bonds is 1. The fourth-order valence-electron chi connectivity index (χ4n) is 0.569. The molecule has 0 aliphatic rings. The van der Waals surface area contributed by atoms with E-state index in [1.165, 1.54) is 6.42 Å². The van der Waals surface area contributed by atoms with Crippen molar-refractivity contribution in [2.24, 2.45) is 0 Å². The summed E-state index contributed by atoms with van der Waals surface area (Å²) in [7, 11) is 0. The van der Waals surface area contributed by atoms with Crippen LogP contribution in [0.15, 0.2) is 10.6 Å². The van der Waals surface area contributed by atoms with E-state index < -0.39 is 0 Å². The predicted octanol–water partition coefficient (Wildman–Crippen LogP) is 2.96. The van der Waals surface area contributed by atoms with Crippen LogP contribution in [0.4, 0.5) is 0 Å². The minimum absolute atomic E-state index is 0.752. The third-order valence-electron chi connectivity index (χ3n) is 1.02. The van der Waals surface area contributed by atoms with Crippen LogP contribution in [0.25, 0.3) is 0 Å². The molecule has 1 rings (SSSR count). The van der Waals surface area contributed by atoms with E-state index in [1.54, 1.807) is 6.20 Å². The van der Waals surface area contributed by atoms with E-state index in [4.69, 9.17) is 4.42 Å². The highest BCUT2D eigenvalue weighted by atomic mass is 16.3. The molecule has 0 fully saturated rings. The van der Waals surface area contributed by atoms with Crippen LogP contribution >= 0.6 is 0 Å². The van der Waals surface area contributed by atoms with Gasteiger partial charge >= 0.3 is 0 Å². The van der Waals surface area contributed by atoms with Gasteiger partial charge in [0.25, 0.3) is 0 Å². The first-order valence-electron chi connectivity index (χ1n) is 4.15. The van der Waals surface area contributed by atoms with E-state index in [0.717, 1.165) is 18.1 Å². The molecule has 0 amide bonds. The van der Waals surface area contributed by atoms with Crippen molar-refractivity contribution in [3.63, 3.8) is 0 Å². The lowest BCUT2D eigenvalue weighted by molar-refractivity contribution is 0.480. The quantitative estimate of drug-likeness (QED) is 0.623. The van der Waals surface area contributed by atoms with Gasteiger partial charge in [-0.05, 0) is 0 Å². The molecule has 0 saturated carbocycles. The van der Waals surface area contributed by atoms with E-state index in [0.29, 0.717) is 0 Å². The minimum atomic E-state index is 0.752. The van der Waals surface area contributed by atoms with Gasteiger partial charge in [-0.1, -0.05) is 27.2 Å². The lowest BCUT2D eigenvalue weighted by Gasteiger charge is -1.80. The third kappa shape index (κ3) is 4.59. The van der Waals surface area contributed by atoms with Crippen LogP contribution in [0.2, 0.25) is 0 Å². The van der Waals surface area contributed by atoms with Crippen LogP contribution in [0.5, 0.6) is 0 Å². The highest BCUT2D eigenvalue weighted by Gasteiger charge is 1.92. The second-order valence-corrected chi connectivity index (χ2v) is 2.41. The van der Waals surface area contributed by atoms with Gasteiger partial charge in [0.2, 0.25) is 0 Å². The van der Waals surface area contributed by atoms with Crippen LogP contribution in [0.3, 0.4) is 0 Å². The molecule has 1 aromatic heterocycles. The maximum atomic E-state index is 5.12. The van der Waals surface area contributed by atoms with Crippen molar-refractivity contribution in [2.75, 3.05) is 0 Å². The predicted molar refractivity (Wildman–Crippen MR) is 46.6 cm³/mol. The summed E-state index contributed by atoms with van der Waals surface area (Å²) in [4.78, 5) is 3.92. The minimum Gasteiger partial charge on any atom is -0.446 e. The molecule has 2 heteroatoms. The van der Waals surface area contributed by atoms with Crippen molar-refractivity contribution in [3.8, 4) is 0 Å². The maximum absolute atomic E-state index is 5.12. The molecule has 0 unspecified atom stereocenters. The Morgan fingerprint density at radius 1 is 1.36 bits per heavy atom. The Balaban J connectivity index is 0.000000292. The normalized spacial score (nSPS) is 8.73. The summed E-state index contributed by atoms with van der Waals surface area (Å²) >= 11 is 0.